The summed E-state index contributed by atoms with van der Waals surface area (Å²) in [6.45, 7) is 2.38. The Hall–Kier alpha value is -1.12. The molecule has 0 amide bonds. The van der Waals surface area contributed by atoms with Crippen molar-refractivity contribution in [2.45, 2.75) is 11.3 Å². The molecule has 2 rings (SSSR count). The van der Waals surface area contributed by atoms with Gasteiger partial charge in [-0.25, -0.2) is 13.1 Å². The summed E-state index contributed by atoms with van der Waals surface area (Å²) in [6, 6.07) is 0. The Morgan fingerprint density at radius 1 is 1.71 bits per heavy atom. The SMILES string of the molecule is CN1CCC(CNS(=O)(=O)c2cn[nH]c2N)C1. The number of nitrogens with one attached hydrogen (secondary N) is 2. The molecule has 0 radical (unpaired) electrons. The first-order valence-corrected chi connectivity index (χ1v) is 6.94. The lowest BCUT2D eigenvalue weighted by Crippen LogP contribution is -2.30. The van der Waals surface area contributed by atoms with Crippen molar-refractivity contribution >= 4 is 15.8 Å². The molecule has 1 unspecified atom stereocenters. The van der Waals surface area contributed by atoms with Crippen molar-refractivity contribution in [2.75, 3.05) is 32.4 Å². The number of aromatic amines is 1. The Morgan fingerprint density at radius 2 is 2.47 bits per heavy atom. The zero-order chi connectivity index (χ0) is 12.5. The van der Waals surface area contributed by atoms with Gasteiger partial charge in [0.25, 0.3) is 0 Å². The predicted octanol–water partition coefficient (Wildman–Crippen LogP) is -0.778. The fourth-order valence-corrected chi connectivity index (χ4v) is 3.13. The molecule has 0 aliphatic carbocycles. The average Bonchev–Trinajstić information content (AvgIpc) is 2.85. The molecule has 96 valence electrons. The summed E-state index contributed by atoms with van der Waals surface area (Å²) in [5.74, 6) is 0.434. The van der Waals surface area contributed by atoms with Gasteiger partial charge in [0, 0.05) is 13.1 Å². The summed E-state index contributed by atoms with van der Waals surface area (Å²) < 4.78 is 26.3. The topological polar surface area (TPSA) is 104 Å². The van der Waals surface area contributed by atoms with Crippen molar-refractivity contribution in [3.8, 4) is 0 Å². The van der Waals surface area contributed by atoms with Gasteiger partial charge < -0.3 is 10.6 Å². The molecule has 8 heteroatoms. The van der Waals surface area contributed by atoms with Gasteiger partial charge >= 0.3 is 0 Å². The first-order valence-electron chi connectivity index (χ1n) is 5.46. The van der Waals surface area contributed by atoms with Crippen molar-refractivity contribution in [2.24, 2.45) is 5.92 Å². The third-order valence-corrected chi connectivity index (χ3v) is 4.42. The first-order chi connectivity index (χ1) is 7.99. The van der Waals surface area contributed by atoms with E-state index in [9.17, 15) is 8.42 Å². The van der Waals surface area contributed by atoms with E-state index in [2.05, 4.69) is 19.8 Å². The van der Waals surface area contributed by atoms with Gasteiger partial charge in [-0.05, 0) is 25.9 Å². The van der Waals surface area contributed by atoms with Crippen molar-refractivity contribution in [1.82, 2.24) is 19.8 Å². The summed E-state index contributed by atoms with van der Waals surface area (Å²) >= 11 is 0. The van der Waals surface area contributed by atoms with Gasteiger partial charge in [0.15, 0.2) is 0 Å². The van der Waals surface area contributed by atoms with Crippen LogP contribution in [0.15, 0.2) is 11.1 Å². The summed E-state index contributed by atoms with van der Waals surface area (Å²) in [5, 5.41) is 6.01. The second-order valence-electron chi connectivity index (χ2n) is 4.42. The smallest absolute Gasteiger partial charge is 0.245 e. The Kier molecular flexibility index (Phi) is 3.36. The van der Waals surface area contributed by atoms with E-state index in [-0.39, 0.29) is 10.7 Å². The molecule has 0 bridgehead atoms. The number of likely N-dealkylation sites (tertiary alicyclic amines) is 1. The highest BCUT2D eigenvalue weighted by atomic mass is 32.2. The molecule has 0 aromatic carbocycles. The zero-order valence-corrected chi connectivity index (χ0v) is 10.5. The number of nitrogen functional groups attached to an aromatic ring is 1. The standard InChI is InChI=1S/C9H17N5O2S/c1-14-3-2-7(6-14)4-12-17(15,16)8-5-11-13-9(8)10/h5,7,12H,2-4,6H2,1H3,(H3,10,11,13). The van der Waals surface area contributed by atoms with Gasteiger partial charge in [-0.3, -0.25) is 5.10 Å². The van der Waals surface area contributed by atoms with Gasteiger partial charge in [0.2, 0.25) is 10.0 Å². The number of hydrogen-bond donors (Lipinski definition) is 3. The van der Waals surface area contributed by atoms with Crippen molar-refractivity contribution < 1.29 is 8.42 Å². The van der Waals surface area contributed by atoms with Crippen LogP contribution in [-0.4, -0.2) is 50.2 Å². The predicted molar refractivity (Wildman–Crippen MR) is 63.8 cm³/mol. The summed E-state index contributed by atoms with van der Waals surface area (Å²) in [5.41, 5.74) is 5.49. The molecule has 4 N–H and O–H groups in total. The highest BCUT2D eigenvalue weighted by molar-refractivity contribution is 7.89. The third kappa shape index (κ3) is 2.76. The zero-order valence-electron chi connectivity index (χ0n) is 9.68. The Morgan fingerprint density at radius 3 is 3.00 bits per heavy atom. The minimum Gasteiger partial charge on any atom is -0.383 e. The van der Waals surface area contributed by atoms with Crippen LogP contribution in [0.5, 0.6) is 0 Å². The number of sulfonamides is 1. The molecular formula is C9H17N5O2S. The molecule has 0 spiro atoms. The first kappa shape index (κ1) is 12.3. The van der Waals surface area contributed by atoms with Gasteiger partial charge in [0.05, 0.1) is 6.20 Å². The van der Waals surface area contributed by atoms with E-state index >= 15 is 0 Å². The minimum atomic E-state index is -3.54. The Bertz CT molecular complexity index is 483. The minimum absolute atomic E-state index is 0.0175. The molecule has 0 saturated carbocycles. The third-order valence-electron chi connectivity index (χ3n) is 2.97. The van der Waals surface area contributed by atoms with E-state index in [0.29, 0.717) is 12.5 Å². The Labute approximate surface area is 100 Å². The number of H-pyrrole nitrogens is 1. The van der Waals surface area contributed by atoms with Crippen LogP contribution in [0.1, 0.15) is 6.42 Å². The van der Waals surface area contributed by atoms with E-state index in [1.165, 1.54) is 6.20 Å². The quantitative estimate of drug-likeness (QED) is 0.658. The normalized spacial score (nSPS) is 22.1. The van der Waals surface area contributed by atoms with Crippen LogP contribution in [0.25, 0.3) is 0 Å². The van der Waals surface area contributed by atoms with Gasteiger partial charge in [-0.1, -0.05) is 0 Å². The van der Waals surface area contributed by atoms with Crippen LogP contribution < -0.4 is 10.5 Å². The number of rotatable bonds is 4. The van der Waals surface area contributed by atoms with E-state index < -0.39 is 10.0 Å². The summed E-state index contributed by atoms with van der Waals surface area (Å²) in [4.78, 5) is 2.20. The van der Waals surface area contributed by atoms with Crippen LogP contribution in [0.4, 0.5) is 5.82 Å². The molecule has 17 heavy (non-hydrogen) atoms. The van der Waals surface area contributed by atoms with Crippen molar-refractivity contribution in [3.05, 3.63) is 6.20 Å². The number of nitrogens with two attached hydrogens (primary N) is 1. The van der Waals surface area contributed by atoms with Crippen LogP contribution in [0, 0.1) is 5.92 Å². The van der Waals surface area contributed by atoms with E-state index in [0.717, 1.165) is 19.5 Å². The van der Waals surface area contributed by atoms with Crippen LogP contribution in [0.3, 0.4) is 0 Å². The highest BCUT2D eigenvalue weighted by Crippen LogP contribution is 2.16. The fraction of sp³-hybridized carbons (Fsp3) is 0.667. The van der Waals surface area contributed by atoms with Gasteiger partial charge in [-0.15, -0.1) is 0 Å². The average molecular weight is 259 g/mol. The van der Waals surface area contributed by atoms with Gasteiger partial charge in [-0.2, -0.15) is 5.10 Å². The maximum atomic E-state index is 11.9. The lowest BCUT2D eigenvalue weighted by Gasteiger charge is -2.11. The molecule has 1 atom stereocenters. The molecule has 1 fully saturated rings. The lowest BCUT2D eigenvalue weighted by molar-refractivity contribution is 0.394. The fourth-order valence-electron chi connectivity index (χ4n) is 2.00. The monoisotopic (exact) mass is 259 g/mol. The molecule has 1 aliphatic heterocycles. The van der Waals surface area contributed by atoms with E-state index in [1.807, 2.05) is 7.05 Å². The molecule has 1 saturated heterocycles. The maximum Gasteiger partial charge on any atom is 0.245 e. The van der Waals surface area contributed by atoms with Crippen LogP contribution in [-0.2, 0) is 10.0 Å². The van der Waals surface area contributed by atoms with E-state index in [1.54, 1.807) is 0 Å². The van der Waals surface area contributed by atoms with E-state index in [4.69, 9.17) is 5.73 Å². The lowest BCUT2D eigenvalue weighted by atomic mass is 10.1. The maximum absolute atomic E-state index is 11.9. The van der Waals surface area contributed by atoms with Crippen LogP contribution >= 0.6 is 0 Å². The number of aromatic nitrogens is 2. The number of anilines is 1. The second kappa shape index (κ2) is 4.63. The molecular weight excluding hydrogens is 242 g/mol. The van der Waals surface area contributed by atoms with Crippen LogP contribution in [0.2, 0.25) is 0 Å². The summed E-state index contributed by atoms with van der Waals surface area (Å²) in [7, 11) is -1.51. The largest absolute Gasteiger partial charge is 0.383 e. The molecule has 1 aliphatic rings. The molecule has 2 heterocycles. The Balaban J connectivity index is 1.97. The van der Waals surface area contributed by atoms with Crippen molar-refractivity contribution in [3.63, 3.8) is 0 Å². The molecule has 1 aromatic heterocycles. The number of hydrogen-bond acceptors (Lipinski definition) is 5. The van der Waals surface area contributed by atoms with Crippen molar-refractivity contribution in [1.29, 1.82) is 0 Å². The van der Waals surface area contributed by atoms with Gasteiger partial charge in [0.1, 0.15) is 10.7 Å². The molecule has 7 nitrogen and oxygen atoms in total. The molecule has 1 aromatic rings. The highest BCUT2D eigenvalue weighted by Gasteiger charge is 2.24. The second-order valence-corrected chi connectivity index (χ2v) is 6.15. The summed E-state index contributed by atoms with van der Waals surface area (Å²) in [6.07, 6.45) is 2.23. The number of nitrogens with zero attached hydrogens (tertiary/aromatic N) is 2.